The Hall–Kier alpha value is -0.720. The van der Waals surface area contributed by atoms with Crippen molar-refractivity contribution in [1.29, 1.82) is 0 Å². The van der Waals surface area contributed by atoms with Crippen molar-refractivity contribution >= 4 is 29.1 Å². The number of urea groups is 1. The molecular weight excluding hydrogens is 268 g/mol. The number of nitrogens with one attached hydrogen (secondary N) is 2. The van der Waals surface area contributed by atoms with Gasteiger partial charge in [-0.05, 0) is 36.1 Å². The lowest BCUT2D eigenvalue weighted by atomic mass is 10.0. The van der Waals surface area contributed by atoms with Crippen LogP contribution < -0.4 is 10.6 Å². The van der Waals surface area contributed by atoms with E-state index in [1.807, 2.05) is 18.4 Å². The first-order valence-electron chi connectivity index (χ1n) is 5.94. The Morgan fingerprint density at radius 2 is 2.39 bits per heavy atom. The van der Waals surface area contributed by atoms with Crippen LogP contribution in [-0.2, 0) is 6.54 Å². The quantitative estimate of drug-likeness (QED) is 0.790. The highest BCUT2D eigenvalue weighted by Gasteiger charge is 2.31. The molecule has 1 atom stereocenters. The number of thiophene rings is 1. The van der Waals surface area contributed by atoms with Crippen molar-refractivity contribution in [3.8, 4) is 0 Å². The van der Waals surface area contributed by atoms with Gasteiger partial charge in [0.25, 0.3) is 0 Å². The SMILES string of the molecule is Cc1ccsc1CNC(=O)NC[C@@]1(O)CCSC1. The first kappa shape index (κ1) is 13.7. The number of hydrogen-bond donors (Lipinski definition) is 3. The minimum absolute atomic E-state index is 0.215. The van der Waals surface area contributed by atoms with Crippen LogP contribution in [0.15, 0.2) is 11.4 Å². The van der Waals surface area contributed by atoms with Crippen molar-refractivity contribution in [1.82, 2.24) is 10.6 Å². The molecule has 18 heavy (non-hydrogen) atoms. The number of aliphatic hydroxyl groups is 1. The van der Waals surface area contributed by atoms with Gasteiger partial charge in [-0.15, -0.1) is 11.3 Å². The Morgan fingerprint density at radius 1 is 1.56 bits per heavy atom. The van der Waals surface area contributed by atoms with E-state index in [-0.39, 0.29) is 6.03 Å². The topological polar surface area (TPSA) is 61.4 Å². The summed E-state index contributed by atoms with van der Waals surface area (Å²) in [5, 5.41) is 17.6. The Morgan fingerprint density at radius 3 is 3.00 bits per heavy atom. The zero-order chi connectivity index (χ0) is 13.0. The number of thioether (sulfide) groups is 1. The molecular formula is C12H18N2O2S2. The zero-order valence-corrected chi connectivity index (χ0v) is 12.0. The largest absolute Gasteiger partial charge is 0.387 e. The standard InChI is InChI=1S/C12H18N2O2S2/c1-9-2-4-18-10(9)6-13-11(15)14-7-12(16)3-5-17-8-12/h2,4,16H,3,5-8H2,1H3,(H2,13,14,15)/t12-/m0/s1. The molecule has 4 nitrogen and oxygen atoms in total. The summed E-state index contributed by atoms with van der Waals surface area (Å²) >= 11 is 3.36. The fourth-order valence-electron chi connectivity index (χ4n) is 1.79. The summed E-state index contributed by atoms with van der Waals surface area (Å²) in [6.45, 7) is 2.90. The van der Waals surface area contributed by atoms with Crippen molar-refractivity contribution in [2.24, 2.45) is 0 Å². The van der Waals surface area contributed by atoms with Crippen molar-refractivity contribution in [3.63, 3.8) is 0 Å². The molecule has 0 aromatic carbocycles. The summed E-state index contributed by atoms with van der Waals surface area (Å²) in [6, 6.07) is 1.83. The van der Waals surface area contributed by atoms with Gasteiger partial charge < -0.3 is 15.7 Å². The van der Waals surface area contributed by atoms with Gasteiger partial charge in [0, 0.05) is 17.2 Å². The number of aryl methyl sites for hydroxylation is 1. The van der Waals surface area contributed by atoms with Crippen LogP contribution in [-0.4, -0.2) is 34.8 Å². The average molecular weight is 286 g/mol. The van der Waals surface area contributed by atoms with Crippen LogP contribution in [0.1, 0.15) is 16.9 Å². The molecule has 0 aliphatic carbocycles. The van der Waals surface area contributed by atoms with E-state index in [4.69, 9.17) is 0 Å². The van der Waals surface area contributed by atoms with Crippen LogP contribution in [0.4, 0.5) is 4.79 Å². The summed E-state index contributed by atoms with van der Waals surface area (Å²) in [5.41, 5.74) is 0.479. The molecule has 3 N–H and O–H groups in total. The predicted molar refractivity (Wildman–Crippen MR) is 76.2 cm³/mol. The van der Waals surface area contributed by atoms with Gasteiger partial charge in [0.2, 0.25) is 0 Å². The fourth-order valence-corrected chi connectivity index (χ4v) is 3.93. The molecule has 1 aromatic rings. The zero-order valence-electron chi connectivity index (χ0n) is 10.4. The van der Waals surface area contributed by atoms with E-state index >= 15 is 0 Å². The third-order valence-electron chi connectivity index (χ3n) is 3.04. The predicted octanol–water partition coefficient (Wildman–Crippen LogP) is 1.72. The molecule has 1 aliphatic rings. The number of carbonyl (C=O) groups excluding carboxylic acids is 1. The van der Waals surface area contributed by atoms with Gasteiger partial charge >= 0.3 is 6.03 Å². The summed E-state index contributed by atoms with van der Waals surface area (Å²) in [7, 11) is 0. The molecule has 0 radical (unpaired) electrons. The van der Waals surface area contributed by atoms with Crippen LogP contribution in [0.25, 0.3) is 0 Å². The fraction of sp³-hybridized carbons (Fsp3) is 0.583. The van der Waals surface area contributed by atoms with Crippen LogP contribution in [0.3, 0.4) is 0 Å². The highest BCUT2D eigenvalue weighted by atomic mass is 32.2. The Balaban J connectivity index is 1.71. The smallest absolute Gasteiger partial charge is 0.315 e. The second-order valence-electron chi connectivity index (χ2n) is 4.59. The third kappa shape index (κ3) is 3.63. The van der Waals surface area contributed by atoms with Crippen LogP contribution >= 0.6 is 23.1 Å². The number of carbonyl (C=O) groups is 1. The number of hydrogen-bond acceptors (Lipinski definition) is 4. The maximum Gasteiger partial charge on any atom is 0.315 e. The van der Waals surface area contributed by atoms with Gasteiger partial charge in [-0.1, -0.05) is 0 Å². The molecule has 1 aliphatic heterocycles. The lowest BCUT2D eigenvalue weighted by molar-refractivity contribution is 0.0700. The second kappa shape index (κ2) is 5.95. The molecule has 1 aromatic heterocycles. The van der Waals surface area contributed by atoms with E-state index in [0.29, 0.717) is 18.8 Å². The van der Waals surface area contributed by atoms with Gasteiger partial charge in [-0.25, -0.2) is 4.79 Å². The van der Waals surface area contributed by atoms with Gasteiger partial charge in [0.05, 0.1) is 12.1 Å². The maximum atomic E-state index is 11.6. The maximum absolute atomic E-state index is 11.6. The molecule has 0 spiro atoms. The van der Waals surface area contributed by atoms with Crippen molar-refractivity contribution < 1.29 is 9.90 Å². The van der Waals surface area contributed by atoms with Gasteiger partial charge in [0.15, 0.2) is 0 Å². The summed E-state index contributed by atoms with van der Waals surface area (Å²) in [6.07, 6.45) is 0.752. The van der Waals surface area contributed by atoms with E-state index in [0.717, 1.165) is 12.2 Å². The minimum atomic E-state index is -0.721. The Kier molecular flexibility index (Phi) is 4.53. The summed E-state index contributed by atoms with van der Waals surface area (Å²) < 4.78 is 0. The molecule has 1 saturated heterocycles. The van der Waals surface area contributed by atoms with E-state index < -0.39 is 5.60 Å². The third-order valence-corrected chi connectivity index (χ3v) is 5.30. The molecule has 2 rings (SSSR count). The first-order chi connectivity index (χ1) is 8.59. The first-order valence-corrected chi connectivity index (χ1v) is 7.97. The van der Waals surface area contributed by atoms with E-state index in [9.17, 15) is 9.90 Å². The molecule has 1 fully saturated rings. The van der Waals surface area contributed by atoms with Crippen LogP contribution in [0.2, 0.25) is 0 Å². The van der Waals surface area contributed by atoms with Crippen LogP contribution in [0.5, 0.6) is 0 Å². The Bertz CT molecular complexity index is 414. The van der Waals surface area contributed by atoms with Gasteiger partial charge in [-0.3, -0.25) is 0 Å². The lowest BCUT2D eigenvalue weighted by Gasteiger charge is -2.21. The normalized spacial score (nSPS) is 23.0. The number of rotatable bonds is 4. The minimum Gasteiger partial charge on any atom is -0.387 e. The van der Waals surface area contributed by atoms with Crippen molar-refractivity contribution in [2.45, 2.75) is 25.5 Å². The highest BCUT2D eigenvalue weighted by Crippen LogP contribution is 2.26. The van der Waals surface area contributed by atoms with Crippen LogP contribution in [0, 0.1) is 6.92 Å². The molecule has 6 heteroatoms. The monoisotopic (exact) mass is 286 g/mol. The summed E-state index contributed by atoms with van der Waals surface area (Å²) in [5.74, 6) is 1.67. The summed E-state index contributed by atoms with van der Waals surface area (Å²) in [4.78, 5) is 12.8. The molecule has 2 amide bonds. The van der Waals surface area contributed by atoms with E-state index in [2.05, 4.69) is 10.6 Å². The molecule has 0 unspecified atom stereocenters. The average Bonchev–Trinajstić information content (AvgIpc) is 2.94. The molecule has 100 valence electrons. The van der Waals surface area contributed by atoms with Crippen molar-refractivity contribution in [3.05, 3.63) is 21.9 Å². The lowest BCUT2D eigenvalue weighted by Crippen LogP contribution is -2.46. The molecule has 0 saturated carbocycles. The van der Waals surface area contributed by atoms with E-state index in [1.165, 1.54) is 10.4 Å². The van der Waals surface area contributed by atoms with Crippen molar-refractivity contribution in [2.75, 3.05) is 18.1 Å². The molecule has 2 heterocycles. The highest BCUT2D eigenvalue weighted by molar-refractivity contribution is 7.99. The number of amides is 2. The van der Waals surface area contributed by atoms with E-state index in [1.54, 1.807) is 23.1 Å². The Labute approximate surface area is 115 Å². The van der Waals surface area contributed by atoms with Gasteiger partial charge in [-0.2, -0.15) is 11.8 Å². The second-order valence-corrected chi connectivity index (χ2v) is 6.70. The van der Waals surface area contributed by atoms with Gasteiger partial charge in [0.1, 0.15) is 0 Å². The molecule has 0 bridgehead atoms.